The minimum absolute atomic E-state index is 0.00955. The Kier molecular flexibility index (Phi) is 5.79. The molecule has 0 aliphatic carbocycles. The molecule has 0 saturated carbocycles. The van der Waals surface area contributed by atoms with Gasteiger partial charge in [-0.2, -0.15) is 0 Å². The van der Waals surface area contributed by atoms with Gasteiger partial charge in [-0.3, -0.25) is 9.00 Å². The average Bonchev–Trinajstić information content (AvgIpc) is 2.25. The van der Waals surface area contributed by atoms with E-state index in [0.717, 1.165) is 25.8 Å². The first-order chi connectivity index (χ1) is 8.33. The normalized spacial score (nSPS) is 26.3. The molecule has 2 N–H and O–H groups in total. The smallest absolute Gasteiger partial charge is 0.237 e. The average molecular weight is 274 g/mol. The van der Waals surface area contributed by atoms with E-state index in [2.05, 4.69) is 24.5 Å². The fraction of sp³-hybridized carbons (Fsp3) is 0.923. The van der Waals surface area contributed by atoms with E-state index < -0.39 is 10.8 Å². The predicted octanol–water partition coefficient (Wildman–Crippen LogP) is 1.04. The van der Waals surface area contributed by atoms with Gasteiger partial charge in [0.2, 0.25) is 5.91 Å². The monoisotopic (exact) mass is 274 g/mol. The fourth-order valence-electron chi connectivity index (χ4n) is 2.40. The third-order valence-electron chi connectivity index (χ3n) is 3.62. The third-order valence-corrected chi connectivity index (χ3v) is 4.43. The number of hydrogen-bond acceptors (Lipinski definition) is 3. The Hall–Kier alpha value is -0.420. The summed E-state index contributed by atoms with van der Waals surface area (Å²) in [4.78, 5) is 12.2. The van der Waals surface area contributed by atoms with Crippen LogP contribution in [0.2, 0.25) is 0 Å². The molecule has 0 aromatic heterocycles. The van der Waals surface area contributed by atoms with Crippen molar-refractivity contribution in [3.8, 4) is 0 Å². The Labute approximate surface area is 113 Å². The van der Waals surface area contributed by atoms with Crippen molar-refractivity contribution < 1.29 is 9.00 Å². The molecular formula is C13H26N2O2S. The predicted molar refractivity (Wildman–Crippen MR) is 76.0 cm³/mol. The van der Waals surface area contributed by atoms with Gasteiger partial charge in [0.1, 0.15) is 0 Å². The molecule has 0 bridgehead atoms. The molecule has 3 unspecified atom stereocenters. The molecule has 1 aliphatic rings. The van der Waals surface area contributed by atoms with Gasteiger partial charge in [-0.1, -0.05) is 13.8 Å². The van der Waals surface area contributed by atoms with Crippen molar-refractivity contribution in [2.45, 2.75) is 52.1 Å². The lowest BCUT2D eigenvalue weighted by Crippen LogP contribution is -2.56. The Morgan fingerprint density at radius 1 is 1.56 bits per heavy atom. The highest BCUT2D eigenvalue weighted by Gasteiger charge is 2.37. The van der Waals surface area contributed by atoms with Gasteiger partial charge in [0.15, 0.2) is 0 Å². The van der Waals surface area contributed by atoms with E-state index in [1.165, 1.54) is 0 Å². The molecule has 1 fully saturated rings. The summed E-state index contributed by atoms with van der Waals surface area (Å²) < 4.78 is 11.0. The summed E-state index contributed by atoms with van der Waals surface area (Å²) in [5, 5.41) is 6.33. The maximum absolute atomic E-state index is 12.2. The van der Waals surface area contributed by atoms with Gasteiger partial charge in [-0.15, -0.1) is 0 Å². The van der Waals surface area contributed by atoms with Gasteiger partial charge in [0.25, 0.3) is 0 Å². The summed E-state index contributed by atoms with van der Waals surface area (Å²) in [6.45, 7) is 7.15. The van der Waals surface area contributed by atoms with Crippen LogP contribution in [0.25, 0.3) is 0 Å². The minimum atomic E-state index is -0.788. The Bertz CT molecular complexity index is 318. The molecule has 3 atom stereocenters. The van der Waals surface area contributed by atoms with E-state index in [-0.39, 0.29) is 23.4 Å². The molecule has 18 heavy (non-hydrogen) atoms. The van der Waals surface area contributed by atoms with Crippen molar-refractivity contribution in [3.05, 3.63) is 0 Å². The Morgan fingerprint density at radius 3 is 2.78 bits per heavy atom. The molecule has 106 valence electrons. The van der Waals surface area contributed by atoms with Crippen LogP contribution in [0.3, 0.4) is 0 Å². The number of piperidine rings is 1. The summed E-state index contributed by atoms with van der Waals surface area (Å²) in [5.41, 5.74) is 0.00955. The van der Waals surface area contributed by atoms with Crippen LogP contribution < -0.4 is 10.6 Å². The molecule has 5 heteroatoms. The van der Waals surface area contributed by atoms with E-state index in [1.54, 1.807) is 6.26 Å². The molecule has 0 aromatic carbocycles. The lowest BCUT2D eigenvalue weighted by molar-refractivity contribution is -0.127. The first kappa shape index (κ1) is 15.6. The molecule has 1 heterocycles. The number of carbonyl (C=O) groups excluding carboxylic acids is 1. The molecule has 4 nitrogen and oxygen atoms in total. The zero-order chi connectivity index (χ0) is 13.8. The topological polar surface area (TPSA) is 58.2 Å². The summed E-state index contributed by atoms with van der Waals surface area (Å²) in [6.07, 6.45) is 4.66. The number of nitrogens with one attached hydrogen (secondary N) is 2. The standard InChI is InChI=1S/C13H26N2O2S/c1-10(6-9-18(4)17)15-12(16)11-13(2,3)7-5-8-14-11/h10-11,14H,5-9H2,1-4H3,(H,15,16). The summed E-state index contributed by atoms with van der Waals surface area (Å²) in [7, 11) is -0.788. The molecule has 0 radical (unpaired) electrons. The maximum Gasteiger partial charge on any atom is 0.237 e. The zero-order valence-electron chi connectivity index (χ0n) is 11.9. The summed E-state index contributed by atoms with van der Waals surface area (Å²) >= 11 is 0. The summed E-state index contributed by atoms with van der Waals surface area (Å²) in [6, 6.07) is -0.0262. The number of amides is 1. The molecule has 0 aromatic rings. The fourth-order valence-corrected chi connectivity index (χ4v) is 3.09. The van der Waals surface area contributed by atoms with Crippen LogP contribution in [0.15, 0.2) is 0 Å². The van der Waals surface area contributed by atoms with E-state index in [1.807, 2.05) is 6.92 Å². The van der Waals surface area contributed by atoms with E-state index >= 15 is 0 Å². The second-order valence-electron chi connectivity index (χ2n) is 5.95. The quantitative estimate of drug-likeness (QED) is 0.787. The lowest BCUT2D eigenvalue weighted by atomic mass is 9.77. The third kappa shape index (κ3) is 4.69. The van der Waals surface area contributed by atoms with Crippen LogP contribution in [0.1, 0.15) is 40.0 Å². The molecule has 0 spiro atoms. The highest BCUT2D eigenvalue weighted by molar-refractivity contribution is 7.84. The van der Waals surface area contributed by atoms with E-state index in [9.17, 15) is 9.00 Å². The van der Waals surface area contributed by atoms with Crippen molar-refractivity contribution in [2.75, 3.05) is 18.6 Å². The minimum Gasteiger partial charge on any atom is -0.352 e. The second kappa shape index (κ2) is 6.66. The molecule has 1 aliphatic heterocycles. The van der Waals surface area contributed by atoms with Crippen molar-refractivity contribution in [3.63, 3.8) is 0 Å². The van der Waals surface area contributed by atoms with Gasteiger partial charge in [-0.25, -0.2) is 0 Å². The number of rotatable bonds is 5. The molecule has 1 saturated heterocycles. The first-order valence-corrected chi connectivity index (χ1v) is 8.39. The Morgan fingerprint density at radius 2 is 2.22 bits per heavy atom. The zero-order valence-corrected chi connectivity index (χ0v) is 12.7. The van der Waals surface area contributed by atoms with Crippen molar-refractivity contribution >= 4 is 16.7 Å². The van der Waals surface area contributed by atoms with Crippen molar-refractivity contribution in [2.24, 2.45) is 5.41 Å². The SMILES string of the molecule is CC(CCS(C)=O)NC(=O)C1NCCCC1(C)C. The van der Waals surface area contributed by atoms with Gasteiger partial charge in [0.05, 0.1) is 6.04 Å². The van der Waals surface area contributed by atoms with Crippen molar-refractivity contribution in [1.29, 1.82) is 0 Å². The largest absolute Gasteiger partial charge is 0.352 e. The van der Waals surface area contributed by atoms with Crippen LogP contribution in [0.4, 0.5) is 0 Å². The van der Waals surface area contributed by atoms with Gasteiger partial charge < -0.3 is 10.6 Å². The Balaban J connectivity index is 2.46. The van der Waals surface area contributed by atoms with Crippen LogP contribution in [0.5, 0.6) is 0 Å². The highest BCUT2D eigenvalue weighted by Crippen LogP contribution is 2.30. The van der Waals surface area contributed by atoms with Crippen LogP contribution in [-0.2, 0) is 15.6 Å². The van der Waals surface area contributed by atoms with Crippen molar-refractivity contribution in [1.82, 2.24) is 10.6 Å². The number of hydrogen-bond donors (Lipinski definition) is 2. The van der Waals surface area contributed by atoms with E-state index in [4.69, 9.17) is 0 Å². The number of carbonyl (C=O) groups is 1. The second-order valence-corrected chi connectivity index (χ2v) is 7.51. The lowest BCUT2D eigenvalue weighted by Gasteiger charge is -2.38. The molecular weight excluding hydrogens is 248 g/mol. The van der Waals surface area contributed by atoms with E-state index in [0.29, 0.717) is 5.75 Å². The molecule has 1 amide bonds. The first-order valence-electron chi connectivity index (χ1n) is 6.67. The van der Waals surface area contributed by atoms with Gasteiger partial charge in [-0.05, 0) is 38.1 Å². The van der Waals surface area contributed by atoms with Gasteiger partial charge >= 0.3 is 0 Å². The van der Waals surface area contributed by atoms with Gasteiger partial charge in [0, 0.05) is 28.9 Å². The van der Waals surface area contributed by atoms with Crippen LogP contribution in [-0.4, -0.2) is 40.8 Å². The van der Waals surface area contributed by atoms with Crippen LogP contribution >= 0.6 is 0 Å². The van der Waals surface area contributed by atoms with Crippen LogP contribution in [0, 0.1) is 5.41 Å². The highest BCUT2D eigenvalue weighted by atomic mass is 32.2. The molecule has 1 rings (SSSR count). The summed E-state index contributed by atoms with van der Waals surface area (Å²) in [5.74, 6) is 0.720. The maximum atomic E-state index is 12.2.